The molecule has 112 valence electrons. The predicted octanol–water partition coefficient (Wildman–Crippen LogP) is 2.59. The van der Waals surface area contributed by atoms with Crippen molar-refractivity contribution < 1.29 is 8.42 Å². The SMILES string of the molecule is CCN(CC)S(=O)(=O)c1cc(N=NN(C)C)ccc1C. The van der Waals surface area contributed by atoms with E-state index in [1.807, 2.05) is 13.8 Å². The van der Waals surface area contributed by atoms with Crippen molar-refractivity contribution in [2.24, 2.45) is 10.3 Å². The van der Waals surface area contributed by atoms with Crippen LogP contribution in [0.5, 0.6) is 0 Å². The summed E-state index contributed by atoms with van der Waals surface area (Å²) in [5.74, 6) is 0. The number of nitrogens with zero attached hydrogens (tertiary/aromatic N) is 4. The van der Waals surface area contributed by atoms with Gasteiger partial charge in [0, 0.05) is 27.2 Å². The van der Waals surface area contributed by atoms with E-state index in [2.05, 4.69) is 10.3 Å². The van der Waals surface area contributed by atoms with Crippen molar-refractivity contribution in [1.82, 2.24) is 9.31 Å². The van der Waals surface area contributed by atoms with E-state index in [-0.39, 0.29) is 4.90 Å². The van der Waals surface area contributed by atoms with Crippen LogP contribution in [0.15, 0.2) is 33.4 Å². The minimum atomic E-state index is -3.47. The van der Waals surface area contributed by atoms with Crippen molar-refractivity contribution in [3.8, 4) is 0 Å². The minimum absolute atomic E-state index is 0.288. The third-order valence-corrected chi connectivity index (χ3v) is 5.03. The summed E-state index contributed by atoms with van der Waals surface area (Å²) < 4.78 is 26.5. The van der Waals surface area contributed by atoms with E-state index in [0.717, 1.165) is 0 Å². The Morgan fingerprint density at radius 2 is 1.75 bits per heavy atom. The summed E-state index contributed by atoms with van der Waals surface area (Å²) in [5.41, 5.74) is 1.23. The second kappa shape index (κ2) is 6.81. The third-order valence-electron chi connectivity index (χ3n) is 2.83. The Balaban J connectivity index is 3.27. The maximum Gasteiger partial charge on any atom is 0.243 e. The first kappa shape index (κ1) is 16.6. The number of rotatable bonds is 6. The van der Waals surface area contributed by atoms with Gasteiger partial charge in [0.15, 0.2) is 0 Å². The van der Waals surface area contributed by atoms with Gasteiger partial charge in [0.25, 0.3) is 0 Å². The summed E-state index contributed by atoms with van der Waals surface area (Å²) in [6.07, 6.45) is 0. The highest BCUT2D eigenvalue weighted by Crippen LogP contribution is 2.25. The van der Waals surface area contributed by atoms with E-state index in [1.165, 1.54) is 4.31 Å². The molecule has 6 nitrogen and oxygen atoms in total. The highest BCUT2D eigenvalue weighted by molar-refractivity contribution is 7.89. The quantitative estimate of drug-likeness (QED) is 0.599. The molecule has 0 aliphatic carbocycles. The molecular weight excluding hydrogens is 276 g/mol. The molecular formula is C13H22N4O2S. The van der Waals surface area contributed by atoms with Crippen molar-refractivity contribution in [3.05, 3.63) is 23.8 Å². The van der Waals surface area contributed by atoms with Crippen LogP contribution in [0.2, 0.25) is 0 Å². The van der Waals surface area contributed by atoms with Crippen LogP contribution < -0.4 is 0 Å². The molecule has 0 saturated heterocycles. The van der Waals surface area contributed by atoms with Gasteiger partial charge in [-0.2, -0.15) is 4.31 Å². The fraction of sp³-hybridized carbons (Fsp3) is 0.538. The fourth-order valence-electron chi connectivity index (χ4n) is 1.77. The zero-order chi connectivity index (χ0) is 15.3. The predicted molar refractivity (Wildman–Crippen MR) is 79.5 cm³/mol. The lowest BCUT2D eigenvalue weighted by molar-refractivity contribution is 0.408. The van der Waals surface area contributed by atoms with Gasteiger partial charge in [0.2, 0.25) is 10.0 Å². The second-order valence-corrected chi connectivity index (χ2v) is 6.48. The van der Waals surface area contributed by atoms with Crippen molar-refractivity contribution in [3.63, 3.8) is 0 Å². The first-order valence-electron chi connectivity index (χ1n) is 6.52. The normalized spacial score (nSPS) is 12.3. The molecule has 1 rings (SSSR count). The van der Waals surface area contributed by atoms with Gasteiger partial charge in [0.1, 0.15) is 0 Å². The zero-order valence-electron chi connectivity index (χ0n) is 12.7. The molecule has 1 aromatic carbocycles. The number of hydrogen-bond donors (Lipinski definition) is 0. The number of sulfonamides is 1. The van der Waals surface area contributed by atoms with E-state index >= 15 is 0 Å². The van der Waals surface area contributed by atoms with Crippen LogP contribution in [-0.4, -0.2) is 44.9 Å². The van der Waals surface area contributed by atoms with Gasteiger partial charge in [-0.1, -0.05) is 25.1 Å². The molecule has 1 aromatic rings. The maximum atomic E-state index is 12.5. The summed E-state index contributed by atoms with van der Waals surface area (Å²) in [7, 11) is 0.0355. The molecule has 0 N–H and O–H groups in total. The average Bonchev–Trinajstić information content (AvgIpc) is 2.38. The van der Waals surface area contributed by atoms with Gasteiger partial charge in [-0.3, -0.25) is 5.01 Å². The molecule has 0 aliphatic rings. The Hall–Kier alpha value is -1.47. The number of benzene rings is 1. The summed E-state index contributed by atoms with van der Waals surface area (Å²) in [5, 5.41) is 9.44. The fourth-order valence-corrected chi connectivity index (χ4v) is 3.48. The van der Waals surface area contributed by atoms with Crippen LogP contribution in [0.4, 0.5) is 5.69 Å². The zero-order valence-corrected chi connectivity index (χ0v) is 13.5. The highest BCUT2D eigenvalue weighted by Gasteiger charge is 2.23. The summed E-state index contributed by atoms with van der Waals surface area (Å²) in [6, 6.07) is 5.07. The summed E-state index contributed by atoms with van der Waals surface area (Å²) >= 11 is 0. The standard InChI is InChI=1S/C13H22N4O2S/c1-6-17(7-2)20(18,19)13-10-12(9-8-11(13)3)14-15-16(4)5/h8-10H,6-7H2,1-5H3. The van der Waals surface area contributed by atoms with Crippen LogP contribution in [0.1, 0.15) is 19.4 Å². The lowest BCUT2D eigenvalue weighted by atomic mass is 10.2. The topological polar surface area (TPSA) is 65.3 Å². The number of hydrogen-bond acceptors (Lipinski definition) is 4. The van der Waals surface area contributed by atoms with E-state index in [9.17, 15) is 8.42 Å². The molecule has 0 saturated carbocycles. The smallest absolute Gasteiger partial charge is 0.243 e. The van der Waals surface area contributed by atoms with Crippen LogP contribution >= 0.6 is 0 Å². The Labute approximate surface area is 121 Å². The Morgan fingerprint density at radius 1 is 1.15 bits per heavy atom. The van der Waals surface area contributed by atoms with Crippen molar-refractivity contribution in [2.75, 3.05) is 27.2 Å². The summed E-state index contributed by atoms with van der Waals surface area (Å²) in [4.78, 5) is 0.288. The Morgan fingerprint density at radius 3 is 2.25 bits per heavy atom. The lowest BCUT2D eigenvalue weighted by Crippen LogP contribution is -2.31. The number of aryl methyl sites for hydroxylation is 1. The largest absolute Gasteiger partial charge is 0.285 e. The Bertz CT molecular complexity index is 578. The molecule has 0 aliphatic heterocycles. The highest BCUT2D eigenvalue weighted by atomic mass is 32.2. The minimum Gasteiger partial charge on any atom is -0.285 e. The van der Waals surface area contributed by atoms with Gasteiger partial charge in [-0.15, -0.1) is 5.11 Å². The molecule has 7 heteroatoms. The van der Waals surface area contributed by atoms with Crippen LogP contribution in [0.3, 0.4) is 0 Å². The molecule has 0 fully saturated rings. The van der Waals surface area contributed by atoms with Crippen LogP contribution in [-0.2, 0) is 10.0 Å². The maximum absolute atomic E-state index is 12.5. The molecule has 0 aromatic heterocycles. The van der Waals surface area contributed by atoms with Gasteiger partial charge >= 0.3 is 0 Å². The first-order chi connectivity index (χ1) is 9.32. The molecule has 0 spiro atoms. The molecule has 0 heterocycles. The van der Waals surface area contributed by atoms with E-state index < -0.39 is 10.0 Å². The lowest BCUT2D eigenvalue weighted by Gasteiger charge is -2.19. The molecule has 0 amide bonds. The second-order valence-electron chi connectivity index (χ2n) is 4.58. The molecule has 0 bridgehead atoms. The van der Waals surface area contributed by atoms with E-state index in [1.54, 1.807) is 44.2 Å². The van der Waals surface area contributed by atoms with Gasteiger partial charge in [-0.25, -0.2) is 8.42 Å². The molecule has 0 atom stereocenters. The monoisotopic (exact) mass is 298 g/mol. The molecule has 0 unspecified atom stereocenters. The van der Waals surface area contributed by atoms with Gasteiger partial charge in [0.05, 0.1) is 10.6 Å². The third kappa shape index (κ3) is 3.77. The van der Waals surface area contributed by atoms with Crippen molar-refractivity contribution >= 4 is 15.7 Å². The molecule has 0 radical (unpaired) electrons. The van der Waals surface area contributed by atoms with E-state index in [0.29, 0.717) is 24.3 Å². The Kier molecular flexibility index (Phi) is 5.64. The first-order valence-corrected chi connectivity index (χ1v) is 7.96. The van der Waals surface area contributed by atoms with Crippen LogP contribution in [0, 0.1) is 6.92 Å². The summed E-state index contributed by atoms with van der Waals surface area (Å²) in [6.45, 7) is 6.32. The van der Waals surface area contributed by atoms with Crippen LogP contribution in [0.25, 0.3) is 0 Å². The van der Waals surface area contributed by atoms with Crippen molar-refractivity contribution in [1.29, 1.82) is 0 Å². The average molecular weight is 298 g/mol. The van der Waals surface area contributed by atoms with E-state index in [4.69, 9.17) is 0 Å². The van der Waals surface area contributed by atoms with Crippen molar-refractivity contribution in [2.45, 2.75) is 25.7 Å². The molecule has 20 heavy (non-hydrogen) atoms. The van der Waals surface area contributed by atoms with Gasteiger partial charge in [-0.05, 0) is 24.6 Å². The van der Waals surface area contributed by atoms with Gasteiger partial charge < -0.3 is 0 Å².